The number of amides is 1. The summed E-state index contributed by atoms with van der Waals surface area (Å²) in [5.41, 5.74) is 4.92. The third-order valence-corrected chi connectivity index (χ3v) is 8.66. The van der Waals surface area contributed by atoms with Crippen LogP contribution in [0.4, 0.5) is 5.82 Å². The van der Waals surface area contributed by atoms with Crippen molar-refractivity contribution in [2.75, 3.05) is 12.8 Å². The summed E-state index contributed by atoms with van der Waals surface area (Å²) in [6.45, 7) is 4.87. The molecule has 3 rings (SSSR count). The minimum absolute atomic E-state index is 0.0561. The number of carbonyl (C=O) groups excluding carboxylic acids is 1. The Morgan fingerprint density at radius 3 is 2.41 bits per heavy atom. The van der Waals surface area contributed by atoms with Crippen molar-refractivity contribution in [3.8, 4) is 0 Å². The highest BCUT2D eigenvalue weighted by Crippen LogP contribution is 2.46. The number of guanidine groups is 1. The maximum absolute atomic E-state index is 13.2. The van der Waals surface area contributed by atoms with Gasteiger partial charge >= 0.3 is 0 Å². The van der Waals surface area contributed by atoms with Crippen molar-refractivity contribution in [1.82, 2.24) is 14.6 Å². The van der Waals surface area contributed by atoms with Gasteiger partial charge in [0.25, 0.3) is 5.91 Å². The predicted molar refractivity (Wildman–Crippen MR) is 106 cm³/mol. The fraction of sp³-hybridized carbons (Fsp3) is 0.353. The van der Waals surface area contributed by atoms with Gasteiger partial charge in [0.2, 0.25) is 16.0 Å². The lowest BCUT2D eigenvalue weighted by molar-refractivity contribution is 0.0973. The van der Waals surface area contributed by atoms with Crippen LogP contribution in [0, 0.1) is 0 Å². The summed E-state index contributed by atoms with van der Waals surface area (Å²) in [4.78, 5) is 21.4. The molecule has 1 aromatic heterocycles. The summed E-state index contributed by atoms with van der Waals surface area (Å²) < 4.78 is 26.1. The van der Waals surface area contributed by atoms with Crippen LogP contribution in [0.1, 0.15) is 36.1 Å². The molecule has 1 aromatic carbocycles. The van der Waals surface area contributed by atoms with E-state index < -0.39 is 26.2 Å². The van der Waals surface area contributed by atoms with E-state index in [1.165, 1.54) is 18.4 Å². The molecule has 1 atom stereocenters. The van der Waals surface area contributed by atoms with Crippen molar-refractivity contribution in [2.24, 2.45) is 4.99 Å². The zero-order valence-electron chi connectivity index (χ0n) is 15.4. The third-order valence-electron chi connectivity index (χ3n) is 5.01. The Morgan fingerprint density at radius 2 is 1.85 bits per heavy atom. The zero-order valence-corrected chi connectivity index (χ0v) is 17.1. The highest BCUT2D eigenvalue weighted by Gasteiger charge is 2.59. The lowest BCUT2D eigenvalue weighted by atomic mass is 9.88. The Labute approximate surface area is 162 Å². The predicted octanol–water partition coefficient (Wildman–Crippen LogP) is 1.78. The monoisotopic (exact) mass is 407 g/mol. The first-order valence-corrected chi connectivity index (χ1v) is 10.5. The second-order valence-corrected chi connectivity index (χ2v) is 10.3. The van der Waals surface area contributed by atoms with Crippen molar-refractivity contribution in [3.63, 3.8) is 0 Å². The first-order valence-electron chi connectivity index (χ1n) is 8.17. The van der Waals surface area contributed by atoms with Gasteiger partial charge in [-0.15, -0.1) is 11.3 Å². The molecule has 1 unspecified atom stereocenters. The molecule has 0 radical (unpaired) electrons. The summed E-state index contributed by atoms with van der Waals surface area (Å²) in [7, 11) is -2.48. The number of nitrogens with zero attached hydrogens (tertiary/aromatic N) is 3. The smallest absolute Gasteiger partial charge is 0.257 e. The number of anilines is 1. The lowest BCUT2D eigenvalue weighted by Gasteiger charge is -2.46. The lowest BCUT2D eigenvalue weighted by Crippen LogP contribution is -2.63. The van der Waals surface area contributed by atoms with Crippen LogP contribution in [-0.2, 0) is 15.6 Å². The van der Waals surface area contributed by atoms with Crippen LogP contribution >= 0.6 is 11.3 Å². The average Bonchev–Trinajstić information content (AvgIpc) is 3.06. The average molecular weight is 408 g/mol. The molecule has 2 heterocycles. The quantitative estimate of drug-likeness (QED) is 0.787. The van der Waals surface area contributed by atoms with Crippen molar-refractivity contribution in [2.45, 2.75) is 31.1 Å². The van der Waals surface area contributed by atoms with E-state index in [1.54, 1.807) is 56.5 Å². The number of nitrogens with one attached hydrogen (secondary N) is 1. The van der Waals surface area contributed by atoms with Gasteiger partial charge in [0.05, 0.1) is 0 Å². The van der Waals surface area contributed by atoms with E-state index in [4.69, 9.17) is 5.73 Å². The van der Waals surface area contributed by atoms with Gasteiger partial charge in [0.1, 0.15) is 21.1 Å². The van der Waals surface area contributed by atoms with Crippen LogP contribution in [0.5, 0.6) is 0 Å². The fourth-order valence-electron chi connectivity index (χ4n) is 2.81. The summed E-state index contributed by atoms with van der Waals surface area (Å²) in [6.07, 6.45) is 0. The number of nitrogen functional groups attached to an aromatic ring is 1. The van der Waals surface area contributed by atoms with Gasteiger partial charge in [-0.3, -0.25) is 10.1 Å². The standard InChI is InChI=1S/C17H21N5O3S2/c1-16(2)17(3,14-19-12(18)10-26-14)21-15(22(4)27(16,24)25)20-13(23)11-8-6-5-7-9-11/h5-10H,18H2,1-4H3,(H,20,21,23). The number of hydrogen-bond donors (Lipinski definition) is 2. The van der Waals surface area contributed by atoms with Crippen LogP contribution in [-0.4, -0.2) is 41.4 Å². The van der Waals surface area contributed by atoms with Crippen LogP contribution in [0.3, 0.4) is 0 Å². The molecule has 3 N–H and O–H groups in total. The maximum Gasteiger partial charge on any atom is 0.257 e. The first-order chi connectivity index (χ1) is 12.5. The number of aromatic nitrogens is 1. The van der Waals surface area contributed by atoms with Gasteiger partial charge in [-0.25, -0.2) is 22.7 Å². The number of nitrogens with two attached hydrogens (primary N) is 1. The Balaban J connectivity index is 2.11. The summed E-state index contributed by atoms with van der Waals surface area (Å²) in [5, 5.41) is 4.72. The molecule has 1 amide bonds. The van der Waals surface area contributed by atoms with Gasteiger partial charge in [0, 0.05) is 18.0 Å². The summed E-state index contributed by atoms with van der Waals surface area (Å²) in [6, 6.07) is 8.51. The Morgan fingerprint density at radius 1 is 1.22 bits per heavy atom. The van der Waals surface area contributed by atoms with Gasteiger partial charge in [0.15, 0.2) is 0 Å². The normalized spacial score (nSPS) is 23.6. The number of hydrogen-bond acceptors (Lipinski definition) is 7. The molecule has 0 bridgehead atoms. The maximum atomic E-state index is 13.2. The van der Waals surface area contributed by atoms with Gasteiger partial charge < -0.3 is 5.73 Å². The minimum Gasteiger partial charge on any atom is -0.383 e. The van der Waals surface area contributed by atoms with E-state index in [1.807, 2.05) is 0 Å². The summed E-state index contributed by atoms with van der Waals surface area (Å²) >= 11 is 1.24. The zero-order chi connectivity index (χ0) is 20.0. The molecule has 0 fully saturated rings. The first kappa shape index (κ1) is 19.3. The van der Waals surface area contributed by atoms with Crippen molar-refractivity contribution in [1.29, 1.82) is 0 Å². The molecule has 1 aliphatic rings. The second kappa shape index (κ2) is 6.31. The number of aliphatic imine (C=N–C) groups is 1. The van der Waals surface area contributed by atoms with E-state index in [0.29, 0.717) is 16.4 Å². The number of rotatable bonds is 2. The molecule has 27 heavy (non-hydrogen) atoms. The fourth-order valence-corrected chi connectivity index (χ4v) is 5.49. The van der Waals surface area contributed by atoms with Crippen LogP contribution < -0.4 is 11.1 Å². The Kier molecular flexibility index (Phi) is 4.51. The summed E-state index contributed by atoms with van der Waals surface area (Å²) in [5.74, 6) is -0.204. The van der Waals surface area contributed by atoms with Crippen LogP contribution in [0.15, 0.2) is 40.7 Å². The number of benzene rings is 1. The number of thiazole rings is 1. The molecule has 8 nitrogen and oxygen atoms in total. The van der Waals surface area contributed by atoms with E-state index in [-0.39, 0.29) is 5.96 Å². The van der Waals surface area contributed by atoms with E-state index in [9.17, 15) is 13.2 Å². The number of carbonyl (C=O) groups is 1. The van der Waals surface area contributed by atoms with E-state index in [2.05, 4.69) is 15.3 Å². The van der Waals surface area contributed by atoms with Crippen molar-refractivity contribution in [3.05, 3.63) is 46.3 Å². The topological polar surface area (TPSA) is 118 Å². The molecular formula is C17H21N5O3S2. The molecule has 1 aliphatic heterocycles. The van der Waals surface area contributed by atoms with E-state index in [0.717, 1.165) is 4.31 Å². The Bertz CT molecular complexity index is 1010. The van der Waals surface area contributed by atoms with Crippen molar-refractivity contribution < 1.29 is 13.2 Å². The molecule has 144 valence electrons. The SMILES string of the molecule is CN1C(NC(=O)c2ccccc2)=NC(C)(c2nc(N)cs2)C(C)(C)S1(=O)=O. The second-order valence-electron chi connectivity index (χ2n) is 6.89. The van der Waals surface area contributed by atoms with Gasteiger partial charge in [-0.2, -0.15) is 0 Å². The van der Waals surface area contributed by atoms with E-state index >= 15 is 0 Å². The number of sulfonamides is 1. The highest BCUT2D eigenvalue weighted by molar-refractivity contribution is 7.91. The third kappa shape index (κ3) is 2.88. The van der Waals surface area contributed by atoms with Gasteiger partial charge in [-0.1, -0.05) is 18.2 Å². The molecule has 10 heteroatoms. The van der Waals surface area contributed by atoms with Crippen LogP contribution in [0.25, 0.3) is 0 Å². The van der Waals surface area contributed by atoms with Crippen LogP contribution in [0.2, 0.25) is 0 Å². The van der Waals surface area contributed by atoms with Gasteiger partial charge in [-0.05, 0) is 32.9 Å². The molecule has 2 aromatic rings. The molecule has 0 aliphatic carbocycles. The highest BCUT2D eigenvalue weighted by atomic mass is 32.2. The molecule has 0 spiro atoms. The largest absolute Gasteiger partial charge is 0.383 e. The minimum atomic E-state index is -3.85. The molecule has 0 saturated heterocycles. The molecule has 0 saturated carbocycles. The molecular weight excluding hydrogens is 386 g/mol. The van der Waals surface area contributed by atoms with Crippen molar-refractivity contribution >= 4 is 39.0 Å². The Hall–Kier alpha value is -2.46.